The molecule has 3 aromatic rings. The van der Waals surface area contributed by atoms with Crippen molar-refractivity contribution in [2.45, 2.75) is 12.5 Å². The van der Waals surface area contributed by atoms with Gasteiger partial charge in [-0.2, -0.15) is 0 Å². The Labute approximate surface area is 191 Å². The lowest BCUT2D eigenvalue weighted by molar-refractivity contribution is -0.915. The van der Waals surface area contributed by atoms with Crippen LogP contribution in [-0.4, -0.2) is 44.0 Å². The number of piperazine rings is 1. The van der Waals surface area contributed by atoms with Crippen LogP contribution in [0.4, 0.5) is 15.8 Å². The van der Waals surface area contributed by atoms with Gasteiger partial charge in [0.15, 0.2) is 6.04 Å². The maximum Gasteiger partial charge on any atom is 0.292 e. The number of nitrogens with zero attached hydrogens (tertiary/aromatic N) is 2. The van der Waals surface area contributed by atoms with E-state index in [1.54, 1.807) is 36.4 Å². The minimum atomic E-state index is -0.402. The molecule has 0 aliphatic carbocycles. The fourth-order valence-electron chi connectivity index (χ4n) is 4.60. The average Bonchev–Trinajstić information content (AvgIpc) is 3.14. The number of quaternary nitrogens is 1. The molecule has 2 aliphatic heterocycles. The van der Waals surface area contributed by atoms with E-state index in [1.165, 1.54) is 11.0 Å². The summed E-state index contributed by atoms with van der Waals surface area (Å²) in [4.78, 5) is 30.3. The number of hydrogen-bond donors (Lipinski definition) is 1. The second kappa shape index (κ2) is 9.03. The second-order valence-corrected chi connectivity index (χ2v) is 8.33. The molecule has 0 saturated carbocycles. The van der Waals surface area contributed by atoms with E-state index in [0.29, 0.717) is 43.3 Å². The molecular weight excluding hydrogens is 421 g/mol. The molecule has 0 bridgehead atoms. The van der Waals surface area contributed by atoms with Crippen LogP contribution in [0, 0.1) is 5.82 Å². The van der Waals surface area contributed by atoms with Crippen molar-refractivity contribution in [3.05, 3.63) is 84.7 Å². The molecule has 1 N–H and O–H groups in total. The first-order chi connectivity index (χ1) is 16.1. The molecule has 2 aliphatic rings. The molecule has 3 aromatic carbocycles. The van der Waals surface area contributed by atoms with E-state index in [1.807, 2.05) is 41.3 Å². The Balaban J connectivity index is 1.24. The summed E-state index contributed by atoms with van der Waals surface area (Å²) in [6.07, 6.45) is 0.191. The normalized spacial score (nSPS) is 19.2. The van der Waals surface area contributed by atoms with Gasteiger partial charge in [0.05, 0.1) is 44.0 Å². The molecule has 0 unspecified atom stereocenters. The summed E-state index contributed by atoms with van der Waals surface area (Å²) >= 11 is 0. The predicted octanol–water partition coefficient (Wildman–Crippen LogP) is 2.66. The van der Waals surface area contributed by atoms with Gasteiger partial charge < -0.3 is 14.5 Å². The van der Waals surface area contributed by atoms with Crippen LogP contribution in [0.5, 0.6) is 11.5 Å². The minimum Gasteiger partial charge on any atom is -0.457 e. The number of ether oxygens (including phenoxy) is 1. The molecule has 6 nitrogen and oxygen atoms in total. The number of benzene rings is 3. The molecule has 2 amide bonds. The first-order valence-corrected chi connectivity index (χ1v) is 11.1. The second-order valence-electron chi connectivity index (χ2n) is 8.33. The van der Waals surface area contributed by atoms with Gasteiger partial charge in [0.25, 0.3) is 5.91 Å². The molecule has 2 fully saturated rings. The third kappa shape index (κ3) is 4.32. The number of rotatable bonds is 5. The van der Waals surface area contributed by atoms with Crippen molar-refractivity contribution < 1.29 is 23.6 Å². The van der Waals surface area contributed by atoms with Gasteiger partial charge in [0.2, 0.25) is 5.91 Å². The Hall–Kier alpha value is -3.71. The summed E-state index contributed by atoms with van der Waals surface area (Å²) in [5, 5.41) is 0. The maximum absolute atomic E-state index is 14.1. The molecular formula is C26H25FN3O3+. The molecule has 2 heterocycles. The van der Waals surface area contributed by atoms with Crippen molar-refractivity contribution >= 4 is 23.2 Å². The highest BCUT2D eigenvalue weighted by Crippen LogP contribution is 2.27. The van der Waals surface area contributed by atoms with Crippen LogP contribution in [0.25, 0.3) is 0 Å². The van der Waals surface area contributed by atoms with Crippen LogP contribution in [0.3, 0.4) is 0 Å². The Kier molecular flexibility index (Phi) is 5.79. The first kappa shape index (κ1) is 21.2. The summed E-state index contributed by atoms with van der Waals surface area (Å²) in [7, 11) is 0. The number of para-hydroxylation sites is 2. The third-order valence-electron chi connectivity index (χ3n) is 6.31. The monoisotopic (exact) mass is 446 g/mol. The van der Waals surface area contributed by atoms with E-state index in [4.69, 9.17) is 4.74 Å². The van der Waals surface area contributed by atoms with Crippen molar-refractivity contribution in [2.75, 3.05) is 36.0 Å². The summed E-state index contributed by atoms with van der Waals surface area (Å²) in [6, 6.07) is 22.8. The summed E-state index contributed by atoms with van der Waals surface area (Å²) in [5.74, 6) is 0.753. The Bertz CT molecular complexity index is 1140. The van der Waals surface area contributed by atoms with Crippen LogP contribution < -0.4 is 19.4 Å². The lowest BCUT2D eigenvalue weighted by atomic mass is 10.1. The predicted molar refractivity (Wildman–Crippen MR) is 123 cm³/mol. The van der Waals surface area contributed by atoms with E-state index >= 15 is 0 Å². The van der Waals surface area contributed by atoms with Gasteiger partial charge in [-0.1, -0.05) is 30.3 Å². The SMILES string of the molecule is O=C1C[C@@H]([NH+]2CCN(c3ccccc3F)CC2)C(=O)N1c1ccc(Oc2ccccc2)cc1. The molecule has 2 saturated heterocycles. The van der Waals surface area contributed by atoms with Gasteiger partial charge in [-0.15, -0.1) is 0 Å². The highest BCUT2D eigenvalue weighted by atomic mass is 19.1. The third-order valence-corrected chi connectivity index (χ3v) is 6.31. The molecule has 0 aromatic heterocycles. The lowest BCUT2D eigenvalue weighted by Crippen LogP contribution is -3.19. The zero-order chi connectivity index (χ0) is 22.8. The molecule has 33 heavy (non-hydrogen) atoms. The average molecular weight is 447 g/mol. The molecule has 1 atom stereocenters. The molecule has 168 valence electrons. The van der Waals surface area contributed by atoms with Gasteiger partial charge in [-0.3, -0.25) is 9.59 Å². The van der Waals surface area contributed by atoms with Crippen molar-refractivity contribution in [2.24, 2.45) is 0 Å². The standard InChI is InChI=1S/C26H24FN3O3/c27-22-8-4-5-9-23(22)28-14-16-29(17-15-28)24-18-25(31)30(26(24)32)19-10-12-21(13-11-19)33-20-6-2-1-3-7-20/h1-13,24H,14-18H2/p+1/t24-/m1/s1. The van der Waals surface area contributed by atoms with E-state index < -0.39 is 6.04 Å². The molecule has 0 radical (unpaired) electrons. The molecule has 0 spiro atoms. The Morgan fingerprint density at radius 2 is 1.45 bits per heavy atom. The number of hydrogen-bond acceptors (Lipinski definition) is 4. The Morgan fingerprint density at radius 3 is 2.15 bits per heavy atom. The van der Waals surface area contributed by atoms with Gasteiger partial charge in [0, 0.05) is 0 Å². The van der Waals surface area contributed by atoms with Crippen LogP contribution in [0.2, 0.25) is 0 Å². The number of imide groups is 1. The fourth-order valence-corrected chi connectivity index (χ4v) is 4.60. The van der Waals surface area contributed by atoms with Gasteiger partial charge in [-0.05, 0) is 48.5 Å². The minimum absolute atomic E-state index is 0.175. The highest BCUT2D eigenvalue weighted by molar-refractivity contribution is 6.21. The summed E-state index contributed by atoms with van der Waals surface area (Å²) in [6.45, 7) is 2.63. The van der Waals surface area contributed by atoms with Crippen LogP contribution in [0.1, 0.15) is 6.42 Å². The van der Waals surface area contributed by atoms with Crippen molar-refractivity contribution in [3.8, 4) is 11.5 Å². The summed E-state index contributed by atoms with van der Waals surface area (Å²) in [5.41, 5.74) is 1.14. The highest BCUT2D eigenvalue weighted by Gasteiger charge is 2.46. The zero-order valence-corrected chi connectivity index (χ0v) is 18.1. The van der Waals surface area contributed by atoms with E-state index in [2.05, 4.69) is 0 Å². The number of carbonyl (C=O) groups excluding carboxylic acids is 2. The van der Waals surface area contributed by atoms with E-state index in [9.17, 15) is 14.0 Å². The fraction of sp³-hybridized carbons (Fsp3) is 0.231. The van der Waals surface area contributed by atoms with Gasteiger partial charge in [-0.25, -0.2) is 9.29 Å². The number of nitrogens with one attached hydrogen (secondary N) is 1. The largest absolute Gasteiger partial charge is 0.457 e. The Morgan fingerprint density at radius 1 is 0.818 bits per heavy atom. The van der Waals surface area contributed by atoms with Crippen molar-refractivity contribution in [1.29, 1.82) is 0 Å². The number of carbonyl (C=O) groups is 2. The van der Waals surface area contributed by atoms with Crippen molar-refractivity contribution in [3.63, 3.8) is 0 Å². The van der Waals surface area contributed by atoms with Crippen LogP contribution in [0.15, 0.2) is 78.9 Å². The number of amides is 2. The smallest absolute Gasteiger partial charge is 0.292 e. The van der Waals surface area contributed by atoms with Crippen LogP contribution in [-0.2, 0) is 9.59 Å². The maximum atomic E-state index is 14.1. The van der Waals surface area contributed by atoms with Crippen LogP contribution >= 0.6 is 0 Å². The van der Waals surface area contributed by atoms with Crippen molar-refractivity contribution in [1.82, 2.24) is 0 Å². The van der Waals surface area contributed by atoms with Gasteiger partial charge >= 0.3 is 0 Å². The van der Waals surface area contributed by atoms with E-state index in [-0.39, 0.29) is 24.1 Å². The topological polar surface area (TPSA) is 54.3 Å². The lowest BCUT2D eigenvalue weighted by Gasteiger charge is -2.35. The molecule has 5 rings (SSSR count). The zero-order valence-electron chi connectivity index (χ0n) is 18.1. The van der Waals surface area contributed by atoms with E-state index in [0.717, 1.165) is 10.6 Å². The number of anilines is 2. The summed E-state index contributed by atoms with van der Waals surface area (Å²) < 4.78 is 19.9. The first-order valence-electron chi connectivity index (χ1n) is 11.1. The molecule has 7 heteroatoms. The number of halogens is 1. The quantitative estimate of drug-likeness (QED) is 0.613. The van der Waals surface area contributed by atoms with Gasteiger partial charge in [0.1, 0.15) is 17.3 Å².